The lowest BCUT2D eigenvalue weighted by atomic mass is 10.1. The van der Waals surface area contributed by atoms with E-state index in [4.69, 9.17) is 0 Å². The SMILES string of the molecule is CCc1cccc(C(F)(F)F)c1.CCc1ccccc1.Cc1cccc(C)c1.O=CNCCNC=O. The minimum Gasteiger partial charge on any atom is -0.357 e. The van der Waals surface area contributed by atoms with E-state index in [1.54, 1.807) is 6.07 Å². The van der Waals surface area contributed by atoms with Crippen molar-refractivity contribution in [3.63, 3.8) is 0 Å². The molecule has 0 aromatic heterocycles. The van der Waals surface area contributed by atoms with Crippen molar-refractivity contribution in [3.05, 3.63) is 107 Å². The molecule has 3 aromatic rings. The molecule has 0 bridgehead atoms. The Hall–Kier alpha value is -3.61. The van der Waals surface area contributed by atoms with E-state index in [-0.39, 0.29) is 0 Å². The molecule has 2 amide bonds. The second kappa shape index (κ2) is 19.7. The van der Waals surface area contributed by atoms with E-state index in [0.29, 0.717) is 37.9 Å². The van der Waals surface area contributed by atoms with Gasteiger partial charge in [0.05, 0.1) is 5.56 Å². The Morgan fingerprint density at radius 2 is 1.14 bits per heavy atom. The minimum absolute atomic E-state index is 0.488. The number of amides is 2. The number of carbonyl (C=O) groups excluding carboxylic acids is 2. The van der Waals surface area contributed by atoms with Crippen molar-refractivity contribution in [2.75, 3.05) is 13.1 Å². The fourth-order valence-corrected chi connectivity index (χ4v) is 2.75. The molecule has 7 heteroatoms. The van der Waals surface area contributed by atoms with Gasteiger partial charge >= 0.3 is 6.18 Å². The summed E-state index contributed by atoms with van der Waals surface area (Å²) in [7, 11) is 0. The Balaban J connectivity index is 0.000000462. The quantitative estimate of drug-likeness (QED) is 0.294. The van der Waals surface area contributed by atoms with Crippen LogP contribution in [0, 0.1) is 13.8 Å². The van der Waals surface area contributed by atoms with E-state index in [1.165, 1.54) is 28.8 Å². The summed E-state index contributed by atoms with van der Waals surface area (Å²) >= 11 is 0. The number of rotatable bonds is 7. The van der Waals surface area contributed by atoms with Crippen molar-refractivity contribution >= 4 is 12.8 Å². The first-order chi connectivity index (χ1) is 17.2. The fraction of sp³-hybridized carbons (Fsp3) is 0.310. The summed E-state index contributed by atoms with van der Waals surface area (Å²) in [6.07, 6.45) is -1.27. The lowest BCUT2D eigenvalue weighted by Crippen LogP contribution is -2.25. The molecule has 4 nitrogen and oxygen atoms in total. The van der Waals surface area contributed by atoms with E-state index in [9.17, 15) is 22.8 Å². The molecular formula is C29H37F3N2O2. The molecular weight excluding hydrogens is 465 g/mol. The molecule has 0 aliphatic carbocycles. The molecule has 0 spiro atoms. The molecule has 3 aromatic carbocycles. The van der Waals surface area contributed by atoms with E-state index >= 15 is 0 Å². The predicted molar refractivity (Wildman–Crippen MR) is 141 cm³/mol. The van der Waals surface area contributed by atoms with Crippen molar-refractivity contribution in [1.29, 1.82) is 0 Å². The zero-order valence-electron chi connectivity index (χ0n) is 21.4. The Kier molecular flexibility index (Phi) is 17.7. The minimum atomic E-state index is -4.22. The third kappa shape index (κ3) is 16.9. The zero-order chi connectivity index (χ0) is 27.2. The van der Waals surface area contributed by atoms with Gasteiger partial charge in [0.15, 0.2) is 0 Å². The first-order valence-corrected chi connectivity index (χ1v) is 11.7. The third-order valence-electron chi connectivity index (χ3n) is 4.67. The number of hydrogen-bond acceptors (Lipinski definition) is 2. The maximum atomic E-state index is 12.1. The van der Waals surface area contributed by atoms with Crippen LogP contribution in [0.25, 0.3) is 0 Å². The highest BCUT2D eigenvalue weighted by atomic mass is 19.4. The van der Waals surface area contributed by atoms with Crippen molar-refractivity contribution in [1.82, 2.24) is 10.6 Å². The van der Waals surface area contributed by atoms with Crippen LogP contribution in [-0.2, 0) is 28.6 Å². The Morgan fingerprint density at radius 1 is 0.667 bits per heavy atom. The second-order valence-corrected chi connectivity index (χ2v) is 7.69. The van der Waals surface area contributed by atoms with Crippen LogP contribution in [0.3, 0.4) is 0 Å². The molecule has 2 N–H and O–H groups in total. The smallest absolute Gasteiger partial charge is 0.357 e. The first kappa shape index (κ1) is 32.4. The van der Waals surface area contributed by atoms with Crippen LogP contribution >= 0.6 is 0 Å². The number of aryl methyl sites for hydroxylation is 4. The first-order valence-electron chi connectivity index (χ1n) is 11.7. The van der Waals surface area contributed by atoms with Crippen molar-refractivity contribution in [2.45, 2.75) is 46.7 Å². The van der Waals surface area contributed by atoms with Gasteiger partial charge in [-0.05, 0) is 43.9 Å². The normalized spacial score (nSPS) is 9.64. The third-order valence-corrected chi connectivity index (χ3v) is 4.67. The maximum absolute atomic E-state index is 12.1. The van der Waals surface area contributed by atoms with Crippen LogP contribution in [-0.4, -0.2) is 25.9 Å². The molecule has 0 heterocycles. The molecule has 0 unspecified atom stereocenters. The summed E-state index contributed by atoms with van der Waals surface area (Å²) in [5.74, 6) is 0. The van der Waals surface area contributed by atoms with Crippen LogP contribution in [0.5, 0.6) is 0 Å². The van der Waals surface area contributed by atoms with E-state index in [1.807, 2.05) is 13.0 Å². The van der Waals surface area contributed by atoms with Crippen LogP contribution in [0.15, 0.2) is 78.9 Å². The molecule has 0 saturated carbocycles. The standard InChI is InChI=1S/C9H9F3.2C8H10.C4H8N2O2/c1-2-7-4-3-5-8(6-7)9(10,11)12;1-7-4-3-5-8(2)6-7;1-2-8-6-4-3-5-7-8;7-3-5-1-2-6-4-8/h3-6H,2H2,1H3;3-6H,1-2H3;3-7H,2H2,1H3;3-4H,1-2H2,(H,5,7)(H,6,8). The van der Waals surface area contributed by atoms with Gasteiger partial charge in [-0.3, -0.25) is 9.59 Å². The number of alkyl halides is 3. The molecule has 0 saturated heterocycles. The largest absolute Gasteiger partial charge is 0.416 e. The number of carbonyl (C=O) groups is 2. The monoisotopic (exact) mass is 502 g/mol. The van der Waals surface area contributed by atoms with Gasteiger partial charge in [-0.25, -0.2) is 0 Å². The molecule has 0 atom stereocenters. The fourth-order valence-electron chi connectivity index (χ4n) is 2.75. The van der Waals surface area contributed by atoms with Gasteiger partial charge in [-0.2, -0.15) is 13.2 Å². The van der Waals surface area contributed by atoms with Gasteiger partial charge in [0.2, 0.25) is 12.8 Å². The van der Waals surface area contributed by atoms with Gasteiger partial charge in [0, 0.05) is 13.1 Å². The molecule has 0 fully saturated rings. The average Bonchev–Trinajstić information content (AvgIpc) is 2.88. The van der Waals surface area contributed by atoms with Crippen LogP contribution in [0.1, 0.15) is 41.7 Å². The zero-order valence-corrected chi connectivity index (χ0v) is 21.4. The number of benzene rings is 3. The molecule has 0 aliphatic heterocycles. The van der Waals surface area contributed by atoms with E-state index < -0.39 is 11.7 Å². The van der Waals surface area contributed by atoms with Gasteiger partial charge < -0.3 is 10.6 Å². The predicted octanol–water partition coefficient (Wildman–Crippen LogP) is 6.30. The highest BCUT2D eigenvalue weighted by molar-refractivity contribution is 5.47. The van der Waals surface area contributed by atoms with Crippen LogP contribution in [0.4, 0.5) is 13.2 Å². The Bertz CT molecular complexity index is 950. The van der Waals surface area contributed by atoms with Gasteiger partial charge in [-0.15, -0.1) is 0 Å². The lowest BCUT2D eigenvalue weighted by molar-refractivity contribution is -0.137. The Labute approximate surface area is 212 Å². The van der Waals surface area contributed by atoms with Crippen molar-refractivity contribution in [3.8, 4) is 0 Å². The topological polar surface area (TPSA) is 58.2 Å². The summed E-state index contributed by atoms with van der Waals surface area (Å²) in [5.41, 5.74) is 4.23. The van der Waals surface area contributed by atoms with E-state index in [2.05, 4.69) is 79.9 Å². The highest BCUT2D eigenvalue weighted by Crippen LogP contribution is 2.29. The highest BCUT2D eigenvalue weighted by Gasteiger charge is 2.30. The summed E-state index contributed by atoms with van der Waals surface area (Å²) in [4.78, 5) is 19.1. The Morgan fingerprint density at radius 3 is 1.50 bits per heavy atom. The van der Waals surface area contributed by atoms with Gasteiger partial charge in [-0.1, -0.05) is 97.8 Å². The van der Waals surface area contributed by atoms with Gasteiger partial charge in [0.25, 0.3) is 0 Å². The van der Waals surface area contributed by atoms with E-state index in [0.717, 1.165) is 12.5 Å². The maximum Gasteiger partial charge on any atom is 0.416 e. The number of nitrogens with one attached hydrogen (secondary N) is 2. The van der Waals surface area contributed by atoms with Crippen LogP contribution < -0.4 is 10.6 Å². The average molecular weight is 503 g/mol. The number of hydrogen-bond donors (Lipinski definition) is 2. The van der Waals surface area contributed by atoms with Crippen LogP contribution in [0.2, 0.25) is 0 Å². The number of halogens is 3. The van der Waals surface area contributed by atoms with Crippen molar-refractivity contribution < 1.29 is 22.8 Å². The van der Waals surface area contributed by atoms with Crippen molar-refractivity contribution in [2.24, 2.45) is 0 Å². The summed E-state index contributed by atoms with van der Waals surface area (Å²) in [6, 6.07) is 24.3. The summed E-state index contributed by atoms with van der Waals surface area (Å²) in [6.45, 7) is 9.18. The summed E-state index contributed by atoms with van der Waals surface area (Å²) in [5, 5.41) is 4.76. The van der Waals surface area contributed by atoms with Gasteiger partial charge in [0.1, 0.15) is 0 Å². The summed E-state index contributed by atoms with van der Waals surface area (Å²) < 4.78 is 36.3. The second-order valence-electron chi connectivity index (χ2n) is 7.69. The molecule has 0 radical (unpaired) electrons. The molecule has 196 valence electrons. The lowest BCUT2D eigenvalue weighted by Gasteiger charge is -2.06. The molecule has 0 aliphatic rings. The molecule has 36 heavy (non-hydrogen) atoms. The molecule has 3 rings (SSSR count).